The fourth-order valence-corrected chi connectivity index (χ4v) is 2.67. The van der Waals surface area contributed by atoms with Crippen molar-refractivity contribution >= 4 is 17.6 Å². The van der Waals surface area contributed by atoms with Crippen LogP contribution in [0.4, 0.5) is 0 Å². The minimum absolute atomic E-state index is 0.173. The van der Waals surface area contributed by atoms with Crippen molar-refractivity contribution < 1.29 is 9.53 Å². The molecule has 1 aromatic rings. The molecule has 118 valence electrons. The topological polar surface area (TPSA) is 56.2 Å². The van der Waals surface area contributed by atoms with Crippen LogP contribution < -0.4 is 5.32 Å². The largest absolute Gasteiger partial charge is 0.468 e. The Balaban J connectivity index is 1.81. The van der Waals surface area contributed by atoms with Crippen LogP contribution in [0.15, 0.2) is 6.20 Å². The van der Waals surface area contributed by atoms with E-state index in [4.69, 9.17) is 16.3 Å². The van der Waals surface area contributed by atoms with Crippen molar-refractivity contribution in [3.63, 3.8) is 0 Å². The number of methoxy groups -OCH3 is 1. The van der Waals surface area contributed by atoms with Gasteiger partial charge in [0, 0.05) is 12.6 Å². The molecule has 1 aliphatic rings. The smallest absolute Gasteiger partial charge is 0.325 e. The number of aromatic nitrogens is 2. The predicted molar refractivity (Wildman–Crippen MR) is 82.4 cm³/mol. The number of hydrogen-bond acceptors (Lipinski definition) is 4. The number of nitrogens with one attached hydrogen (secondary N) is 1. The van der Waals surface area contributed by atoms with E-state index in [-0.39, 0.29) is 5.97 Å². The molecule has 0 radical (unpaired) electrons. The lowest BCUT2D eigenvalue weighted by molar-refractivity contribution is -0.148. The van der Waals surface area contributed by atoms with Crippen molar-refractivity contribution in [1.29, 1.82) is 0 Å². The van der Waals surface area contributed by atoms with E-state index in [1.807, 2.05) is 18.5 Å². The van der Waals surface area contributed by atoms with Crippen molar-refractivity contribution in [3.8, 4) is 0 Å². The molecule has 1 aromatic heterocycles. The molecule has 21 heavy (non-hydrogen) atoms. The van der Waals surface area contributed by atoms with Gasteiger partial charge in [0.05, 0.1) is 24.0 Å². The normalized spacial score (nSPS) is 17.5. The van der Waals surface area contributed by atoms with Crippen LogP contribution in [0.2, 0.25) is 5.02 Å². The van der Waals surface area contributed by atoms with Gasteiger partial charge in [-0.15, -0.1) is 0 Å². The number of nitrogens with zero attached hydrogens (tertiary/aromatic N) is 2. The summed E-state index contributed by atoms with van der Waals surface area (Å²) >= 11 is 5.98. The minimum atomic E-state index is -0.577. The Labute approximate surface area is 131 Å². The molecule has 1 N–H and O–H groups in total. The van der Waals surface area contributed by atoms with Gasteiger partial charge in [0.1, 0.15) is 5.54 Å². The van der Waals surface area contributed by atoms with Crippen molar-refractivity contribution in [1.82, 2.24) is 15.1 Å². The van der Waals surface area contributed by atoms with Crippen molar-refractivity contribution in [2.75, 3.05) is 7.11 Å². The second-order valence-corrected chi connectivity index (χ2v) is 6.41. The van der Waals surface area contributed by atoms with E-state index in [9.17, 15) is 4.79 Å². The van der Waals surface area contributed by atoms with E-state index in [0.717, 1.165) is 44.3 Å². The van der Waals surface area contributed by atoms with Crippen molar-refractivity contribution in [2.24, 2.45) is 0 Å². The van der Waals surface area contributed by atoms with E-state index in [2.05, 4.69) is 10.4 Å². The third-order valence-electron chi connectivity index (χ3n) is 4.08. The SMILES string of the molecule is COC(=O)C(C)(CCCCn1ncc(Cl)c1C)NC1CC1. The quantitative estimate of drug-likeness (QED) is 0.592. The van der Waals surface area contributed by atoms with Gasteiger partial charge in [0.2, 0.25) is 0 Å². The number of carbonyl (C=O) groups excluding carboxylic acids is 1. The molecule has 1 atom stereocenters. The lowest BCUT2D eigenvalue weighted by atomic mass is 9.94. The molecule has 5 nitrogen and oxygen atoms in total. The number of hydrogen-bond donors (Lipinski definition) is 1. The third kappa shape index (κ3) is 4.20. The second kappa shape index (κ2) is 6.79. The summed E-state index contributed by atoms with van der Waals surface area (Å²) in [6, 6.07) is 0.473. The predicted octanol–water partition coefficient (Wildman–Crippen LogP) is 2.70. The maximum Gasteiger partial charge on any atom is 0.325 e. The van der Waals surface area contributed by atoms with Crippen LogP contribution in [0, 0.1) is 6.92 Å². The Morgan fingerprint density at radius 1 is 1.57 bits per heavy atom. The summed E-state index contributed by atoms with van der Waals surface area (Å²) in [6.07, 6.45) is 6.63. The first-order valence-corrected chi connectivity index (χ1v) is 7.88. The average molecular weight is 314 g/mol. The molecule has 0 aliphatic heterocycles. The van der Waals surface area contributed by atoms with Gasteiger partial charge in [-0.25, -0.2) is 0 Å². The number of carbonyl (C=O) groups is 1. The Kier molecular flexibility index (Phi) is 5.27. The summed E-state index contributed by atoms with van der Waals surface area (Å²) in [6.45, 7) is 4.72. The average Bonchev–Trinajstić information content (AvgIpc) is 3.22. The number of ether oxygens (including phenoxy) is 1. The molecule has 1 fully saturated rings. The fourth-order valence-electron chi connectivity index (χ4n) is 2.53. The summed E-state index contributed by atoms with van der Waals surface area (Å²) in [5, 5.41) is 8.35. The summed E-state index contributed by atoms with van der Waals surface area (Å²) in [4.78, 5) is 12.0. The molecule has 0 spiro atoms. The summed E-state index contributed by atoms with van der Waals surface area (Å²) < 4.78 is 6.85. The molecular weight excluding hydrogens is 290 g/mol. The van der Waals surface area contributed by atoms with Gasteiger partial charge in [-0.2, -0.15) is 5.10 Å². The molecule has 1 saturated carbocycles. The molecule has 0 bridgehead atoms. The van der Waals surface area contributed by atoms with Crippen LogP contribution >= 0.6 is 11.6 Å². The zero-order chi connectivity index (χ0) is 15.5. The van der Waals surface area contributed by atoms with Crippen LogP contribution in [0.3, 0.4) is 0 Å². The lowest BCUT2D eigenvalue weighted by Gasteiger charge is -2.28. The summed E-state index contributed by atoms with van der Waals surface area (Å²) in [7, 11) is 1.45. The van der Waals surface area contributed by atoms with Gasteiger partial charge in [0.15, 0.2) is 0 Å². The Bertz CT molecular complexity index is 499. The Hall–Kier alpha value is -1.07. The van der Waals surface area contributed by atoms with Gasteiger partial charge in [-0.05, 0) is 46.0 Å². The zero-order valence-corrected chi connectivity index (χ0v) is 13.7. The van der Waals surface area contributed by atoms with Gasteiger partial charge in [-0.1, -0.05) is 11.6 Å². The van der Waals surface area contributed by atoms with Gasteiger partial charge >= 0.3 is 5.97 Å². The second-order valence-electron chi connectivity index (χ2n) is 6.00. The standard InChI is InChI=1S/C15H24ClN3O2/c1-11-13(16)10-17-19(11)9-5-4-8-15(2,14(20)21-3)18-12-6-7-12/h10,12,18H,4-9H2,1-3H3. The lowest BCUT2D eigenvalue weighted by Crippen LogP contribution is -2.51. The van der Waals surface area contributed by atoms with Crippen molar-refractivity contribution in [3.05, 3.63) is 16.9 Å². The molecule has 1 heterocycles. The molecule has 0 aromatic carbocycles. The van der Waals surface area contributed by atoms with E-state index >= 15 is 0 Å². The third-order valence-corrected chi connectivity index (χ3v) is 4.45. The van der Waals surface area contributed by atoms with Gasteiger partial charge < -0.3 is 4.74 Å². The first-order valence-electron chi connectivity index (χ1n) is 7.50. The number of rotatable bonds is 8. The van der Waals surface area contributed by atoms with E-state index in [1.165, 1.54) is 7.11 Å². The van der Waals surface area contributed by atoms with E-state index in [0.29, 0.717) is 11.1 Å². The van der Waals surface area contributed by atoms with E-state index in [1.54, 1.807) is 6.20 Å². The maximum atomic E-state index is 12.0. The van der Waals surface area contributed by atoms with Gasteiger partial charge in [0.25, 0.3) is 0 Å². The van der Waals surface area contributed by atoms with Crippen LogP contribution in [-0.2, 0) is 16.1 Å². The van der Waals surface area contributed by atoms with Crippen molar-refractivity contribution in [2.45, 2.75) is 64.1 Å². The molecule has 1 unspecified atom stereocenters. The highest BCUT2D eigenvalue weighted by Gasteiger charge is 2.38. The molecule has 0 amide bonds. The summed E-state index contributed by atoms with van der Waals surface area (Å²) in [5.41, 5.74) is 0.413. The molecule has 0 saturated heterocycles. The monoisotopic (exact) mass is 313 g/mol. The number of esters is 1. The van der Waals surface area contributed by atoms with E-state index < -0.39 is 5.54 Å². The van der Waals surface area contributed by atoms with Crippen LogP contribution in [-0.4, -0.2) is 34.4 Å². The highest BCUT2D eigenvalue weighted by atomic mass is 35.5. The Morgan fingerprint density at radius 3 is 2.81 bits per heavy atom. The van der Waals surface area contributed by atoms with Crippen LogP contribution in [0.5, 0.6) is 0 Å². The highest BCUT2D eigenvalue weighted by molar-refractivity contribution is 6.31. The minimum Gasteiger partial charge on any atom is -0.468 e. The number of unbranched alkanes of at least 4 members (excludes halogenated alkanes) is 1. The Morgan fingerprint density at radius 2 is 2.29 bits per heavy atom. The van der Waals surface area contributed by atoms with Crippen LogP contribution in [0.1, 0.15) is 44.7 Å². The maximum absolute atomic E-state index is 12.0. The highest BCUT2D eigenvalue weighted by Crippen LogP contribution is 2.26. The first kappa shape index (κ1) is 16.3. The number of aryl methyl sites for hydroxylation is 1. The molecule has 2 rings (SSSR count). The zero-order valence-electron chi connectivity index (χ0n) is 13.0. The number of halogens is 1. The first-order chi connectivity index (χ1) is 9.96. The molecular formula is C15H24ClN3O2. The van der Waals surface area contributed by atoms with Crippen LogP contribution in [0.25, 0.3) is 0 Å². The molecule has 1 aliphatic carbocycles. The van der Waals surface area contributed by atoms with Gasteiger partial charge in [-0.3, -0.25) is 14.8 Å². The molecule has 6 heteroatoms. The fraction of sp³-hybridized carbons (Fsp3) is 0.733. The summed E-state index contributed by atoms with van der Waals surface area (Å²) in [5.74, 6) is -0.173.